The monoisotopic (exact) mass is 303 g/mol. The van der Waals surface area contributed by atoms with Gasteiger partial charge in [-0.15, -0.1) is 0 Å². The molecule has 4 heteroatoms. The van der Waals surface area contributed by atoms with Crippen LogP contribution in [0.15, 0.2) is 48.5 Å². The summed E-state index contributed by atoms with van der Waals surface area (Å²) in [5.41, 5.74) is 1.35. The molecule has 3 rings (SSSR count). The zero-order chi connectivity index (χ0) is 15.4. The zero-order valence-corrected chi connectivity index (χ0v) is 12.5. The van der Waals surface area contributed by atoms with Gasteiger partial charge in [-0.3, -0.25) is 0 Å². The number of likely N-dealkylation sites (tertiary alicyclic amines) is 1. The first-order valence-electron chi connectivity index (χ1n) is 7.80. The molecule has 2 N–H and O–H groups in total. The number of rotatable bonds is 4. The van der Waals surface area contributed by atoms with E-state index in [9.17, 15) is 8.78 Å². The summed E-state index contributed by atoms with van der Waals surface area (Å²) in [6.45, 7) is 2.67. The summed E-state index contributed by atoms with van der Waals surface area (Å²) in [7, 11) is 0. The van der Waals surface area contributed by atoms with E-state index in [1.165, 1.54) is 17.0 Å². The number of nitrogens with one attached hydrogen (secondary N) is 2. The molecule has 2 nitrogen and oxygen atoms in total. The Morgan fingerprint density at radius 1 is 0.909 bits per heavy atom. The summed E-state index contributed by atoms with van der Waals surface area (Å²) >= 11 is 0. The number of anilines is 1. The Balaban J connectivity index is 1.52. The van der Waals surface area contributed by atoms with Crippen molar-refractivity contribution in [2.75, 3.05) is 18.4 Å². The third-order valence-electron chi connectivity index (χ3n) is 4.32. The van der Waals surface area contributed by atoms with E-state index in [2.05, 4.69) is 5.32 Å². The second kappa shape index (κ2) is 6.88. The highest BCUT2D eigenvalue weighted by Crippen LogP contribution is 2.16. The number of quaternary nitrogens is 1. The largest absolute Gasteiger partial charge is 0.379 e. The second-order valence-corrected chi connectivity index (χ2v) is 5.92. The second-order valence-electron chi connectivity index (χ2n) is 5.92. The van der Waals surface area contributed by atoms with E-state index >= 15 is 0 Å². The summed E-state index contributed by atoms with van der Waals surface area (Å²) in [6.07, 6.45) is 1.94. The van der Waals surface area contributed by atoms with Crippen LogP contribution >= 0.6 is 0 Å². The number of piperidine rings is 1. The third-order valence-corrected chi connectivity index (χ3v) is 4.32. The minimum absolute atomic E-state index is 0.124. The van der Waals surface area contributed by atoms with E-state index in [1.54, 1.807) is 18.2 Å². The Morgan fingerprint density at radius 3 is 2.23 bits per heavy atom. The van der Waals surface area contributed by atoms with Gasteiger partial charge in [0.05, 0.1) is 18.8 Å². The maximum absolute atomic E-state index is 13.7. The van der Waals surface area contributed by atoms with Gasteiger partial charge < -0.3 is 10.2 Å². The third kappa shape index (κ3) is 3.63. The molecule has 1 aliphatic heterocycles. The molecule has 116 valence electrons. The van der Waals surface area contributed by atoms with Crippen LogP contribution in [0.5, 0.6) is 0 Å². The number of hydrogen-bond donors (Lipinski definition) is 2. The standard InChI is InChI=1S/C18H20F2N2/c19-16-6-2-1-5-14(16)13-22-11-9-15(10-12-22)21-18-8-4-3-7-17(18)20/h1-8,15,21H,9-13H2/p+1. The number of para-hydroxylation sites is 1. The maximum Gasteiger partial charge on any atom is 0.146 e. The lowest BCUT2D eigenvalue weighted by Gasteiger charge is -2.30. The van der Waals surface area contributed by atoms with Crippen LogP contribution in [0.1, 0.15) is 18.4 Å². The van der Waals surface area contributed by atoms with Crippen molar-refractivity contribution in [3.8, 4) is 0 Å². The van der Waals surface area contributed by atoms with Gasteiger partial charge >= 0.3 is 0 Å². The van der Waals surface area contributed by atoms with Gasteiger partial charge in [-0.2, -0.15) is 0 Å². The molecule has 2 aromatic rings. The first-order valence-corrected chi connectivity index (χ1v) is 7.80. The first kappa shape index (κ1) is 15.0. The smallest absolute Gasteiger partial charge is 0.146 e. The molecule has 1 saturated heterocycles. The van der Waals surface area contributed by atoms with Gasteiger partial charge in [-0.1, -0.05) is 30.3 Å². The van der Waals surface area contributed by atoms with Gasteiger partial charge in [0.15, 0.2) is 0 Å². The quantitative estimate of drug-likeness (QED) is 0.887. The highest BCUT2D eigenvalue weighted by molar-refractivity contribution is 5.45. The summed E-state index contributed by atoms with van der Waals surface area (Å²) in [5, 5.41) is 3.28. The van der Waals surface area contributed by atoms with Crippen molar-refractivity contribution >= 4 is 5.69 Å². The Kier molecular flexibility index (Phi) is 4.68. The van der Waals surface area contributed by atoms with Crippen molar-refractivity contribution in [1.82, 2.24) is 0 Å². The van der Waals surface area contributed by atoms with Gasteiger partial charge in [0.25, 0.3) is 0 Å². The summed E-state index contributed by atoms with van der Waals surface area (Å²) in [6, 6.07) is 14.0. The van der Waals surface area contributed by atoms with Crippen LogP contribution in [0.3, 0.4) is 0 Å². The molecule has 0 saturated carbocycles. The molecule has 0 amide bonds. The molecule has 22 heavy (non-hydrogen) atoms. The molecule has 0 atom stereocenters. The Labute approximate surface area is 129 Å². The highest BCUT2D eigenvalue weighted by atomic mass is 19.1. The molecule has 0 bridgehead atoms. The molecule has 2 aromatic carbocycles. The van der Waals surface area contributed by atoms with Crippen LogP contribution in [0.2, 0.25) is 0 Å². The zero-order valence-electron chi connectivity index (χ0n) is 12.5. The fourth-order valence-corrected chi connectivity index (χ4v) is 3.06. The number of hydrogen-bond acceptors (Lipinski definition) is 1. The molecule has 1 fully saturated rings. The van der Waals surface area contributed by atoms with Gasteiger partial charge in [-0.05, 0) is 18.2 Å². The molecule has 1 heterocycles. The van der Waals surface area contributed by atoms with Gasteiger partial charge in [0.1, 0.15) is 18.2 Å². The van der Waals surface area contributed by atoms with Crippen molar-refractivity contribution in [2.24, 2.45) is 0 Å². The van der Waals surface area contributed by atoms with E-state index < -0.39 is 0 Å². The molecule has 1 aliphatic rings. The SMILES string of the molecule is Fc1ccccc1C[NH+]1CCC(Nc2ccccc2F)CC1. The molecular formula is C18H21F2N2+. The minimum atomic E-state index is -0.205. The molecule has 0 aliphatic carbocycles. The Hall–Kier alpha value is -1.94. The summed E-state index contributed by atoms with van der Waals surface area (Å²) in [4.78, 5) is 1.39. The fraction of sp³-hybridized carbons (Fsp3) is 0.333. The number of benzene rings is 2. The lowest BCUT2D eigenvalue weighted by molar-refractivity contribution is -0.918. The first-order chi connectivity index (χ1) is 10.7. The topological polar surface area (TPSA) is 16.5 Å². The van der Waals surface area contributed by atoms with E-state index in [-0.39, 0.29) is 11.6 Å². The highest BCUT2D eigenvalue weighted by Gasteiger charge is 2.23. The average molecular weight is 303 g/mol. The fourth-order valence-electron chi connectivity index (χ4n) is 3.06. The van der Waals surface area contributed by atoms with Crippen LogP contribution in [-0.2, 0) is 6.54 Å². The molecule has 0 radical (unpaired) electrons. The van der Waals surface area contributed by atoms with Crippen LogP contribution < -0.4 is 10.2 Å². The average Bonchev–Trinajstić information content (AvgIpc) is 2.54. The van der Waals surface area contributed by atoms with Gasteiger partial charge in [0, 0.05) is 24.4 Å². The predicted molar refractivity (Wildman–Crippen MR) is 83.8 cm³/mol. The van der Waals surface area contributed by atoms with Crippen molar-refractivity contribution in [3.63, 3.8) is 0 Å². The normalized spacial score (nSPS) is 21.5. The van der Waals surface area contributed by atoms with E-state index in [0.717, 1.165) is 38.0 Å². The molecular weight excluding hydrogens is 282 g/mol. The van der Waals surface area contributed by atoms with Crippen LogP contribution in [-0.4, -0.2) is 19.1 Å². The van der Waals surface area contributed by atoms with E-state index in [4.69, 9.17) is 0 Å². The number of halogens is 2. The van der Waals surface area contributed by atoms with Crippen molar-refractivity contribution < 1.29 is 13.7 Å². The van der Waals surface area contributed by atoms with Crippen LogP contribution in [0.25, 0.3) is 0 Å². The van der Waals surface area contributed by atoms with Crippen molar-refractivity contribution in [3.05, 3.63) is 65.7 Å². The predicted octanol–water partition coefficient (Wildman–Crippen LogP) is 2.62. The van der Waals surface area contributed by atoms with Gasteiger partial charge in [0.2, 0.25) is 0 Å². The molecule has 0 aromatic heterocycles. The minimum Gasteiger partial charge on any atom is -0.379 e. The van der Waals surface area contributed by atoms with Gasteiger partial charge in [-0.25, -0.2) is 8.78 Å². The van der Waals surface area contributed by atoms with Crippen molar-refractivity contribution in [2.45, 2.75) is 25.4 Å². The summed E-state index contributed by atoms with van der Waals surface area (Å²) in [5.74, 6) is -0.328. The van der Waals surface area contributed by atoms with Crippen LogP contribution in [0, 0.1) is 11.6 Å². The van der Waals surface area contributed by atoms with E-state index in [0.29, 0.717) is 11.7 Å². The lowest BCUT2D eigenvalue weighted by Crippen LogP contribution is -3.12. The van der Waals surface area contributed by atoms with Crippen LogP contribution in [0.4, 0.5) is 14.5 Å². The Bertz CT molecular complexity index is 566. The maximum atomic E-state index is 13.7. The molecule has 0 unspecified atom stereocenters. The summed E-state index contributed by atoms with van der Waals surface area (Å²) < 4.78 is 27.3. The van der Waals surface area contributed by atoms with Crippen molar-refractivity contribution in [1.29, 1.82) is 0 Å². The lowest BCUT2D eigenvalue weighted by atomic mass is 10.0. The Morgan fingerprint density at radius 2 is 1.55 bits per heavy atom. The van der Waals surface area contributed by atoms with E-state index in [1.807, 2.05) is 18.2 Å². The molecule has 0 spiro atoms.